The molecule has 3 aromatic rings. The Labute approximate surface area is 159 Å². The first kappa shape index (κ1) is 19.8. The summed E-state index contributed by atoms with van der Waals surface area (Å²) in [6, 6.07) is 17.1. The van der Waals surface area contributed by atoms with Gasteiger partial charge in [-0.25, -0.2) is 12.4 Å². The number of benzene rings is 2. The molecule has 0 saturated heterocycles. The van der Waals surface area contributed by atoms with E-state index in [1.807, 2.05) is 12.1 Å². The molecule has 0 fully saturated rings. The highest BCUT2D eigenvalue weighted by Gasteiger charge is 2.30. The summed E-state index contributed by atoms with van der Waals surface area (Å²) in [6.45, 7) is 3.87. The highest BCUT2D eigenvalue weighted by Crippen LogP contribution is 2.52. The van der Waals surface area contributed by atoms with E-state index in [9.17, 15) is 13.0 Å². The van der Waals surface area contributed by atoms with Gasteiger partial charge in [-0.3, -0.25) is 4.57 Å². The van der Waals surface area contributed by atoms with Gasteiger partial charge in [0.2, 0.25) is 0 Å². The zero-order valence-corrected chi connectivity index (χ0v) is 16.9. The molecule has 144 valence electrons. The van der Waals surface area contributed by atoms with Crippen molar-refractivity contribution in [2.24, 2.45) is 0 Å². The maximum atomic E-state index is 13.3. The van der Waals surface area contributed by atoms with Gasteiger partial charge in [0.1, 0.15) is 0 Å². The molecule has 0 atom stereocenters. The zero-order chi connectivity index (χ0) is 19.5. The second-order valence-electron chi connectivity index (χ2n) is 5.88. The molecular weight excluding hydrogens is 385 g/mol. The van der Waals surface area contributed by atoms with Crippen LogP contribution in [0.1, 0.15) is 19.5 Å². The Kier molecular flexibility index (Phi) is 5.86. The van der Waals surface area contributed by atoms with Gasteiger partial charge in [0.15, 0.2) is 0 Å². The first-order chi connectivity index (χ1) is 12.9. The van der Waals surface area contributed by atoms with Gasteiger partial charge >= 0.3 is 7.60 Å². The molecule has 3 rings (SSSR count). The fraction of sp³-hybridized carbons (Fsp3) is 0.263. The largest absolute Gasteiger partial charge is 0.336 e. The van der Waals surface area contributed by atoms with Crippen LogP contribution in [0, 0.1) is 0 Å². The Morgan fingerprint density at radius 1 is 0.926 bits per heavy atom. The van der Waals surface area contributed by atoms with E-state index in [0.717, 1.165) is 5.39 Å². The van der Waals surface area contributed by atoms with Crippen LogP contribution in [0.15, 0.2) is 65.6 Å². The molecule has 0 aliphatic heterocycles. The Bertz CT molecular complexity index is 1070. The van der Waals surface area contributed by atoms with Crippen molar-refractivity contribution in [1.29, 1.82) is 0 Å². The number of hydrogen-bond donors (Lipinski definition) is 0. The van der Waals surface area contributed by atoms with Crippen LogP contribution in [0.5, 0.6) is 0 Å². The van der Waals surface area contributed by atoms with Gasteiger partial charge in [0.25, 0.3) is 10.0 Å². The van der Waals surface area contributed by atoms with Gasteiger partial charge in [0, 0.05) is 11.1 Å². The Balaban J connectivity index is 2.20. The molecule has 0 spiro atoms. The lowest BCUT2D eigenvalue weighted by Gasteiger charge is -2.18. The Morgan fingerprint density at radius 2 is 1.52 bits per heavy atom. The van der Waals surface area contributed by atoms with Crippen molar-refractivity contribution in [2.45, 2.75) is 24.9 Å². The van der Waals surface area contributed by atoms with E-state index < -0.39 is 17.6 Å². The number of para-hydroxylation sites is 1. The summed E-state index contributed by atoms with van der Waals surface area (Å²) in [5, 5.41) is 0.742. The monoisotopic (exact) mass is 407 g/mol. The predicted octanol–water partition coefficient (Wildman–Crippen LogP) is 4.64. The molecule has 0 unspecified atom stereocenters. The average molecular weight is 407 g/mol. The third-order valence-electron chi connectivity index (χ3n) is 4.03. The van der Waals surface area contributed by atoms with Gasteiger partial charge < -0.3 is 9.05 Å². The highest BCUT2D eigenvalue weighted by molar-refractivity contribution is 7.90. The van der Waals surface area contributed by atoms with Crippen LogP contribution < -0.4 is 0 Å². The Morgan fingerprint density at radius 3 is 2.15 bits per heavy atom. The number of hydrogen-bond acceptors (Lipinski definition) is 5. The first-order valence-electron chi connectivity index (χ1n) is 8.69. The van der Waals surface area contributed by atoms with Crippen LogP contribution in [0.25, 0.3) is 10.9 Å². The molecule has 0 aliphatic rings. The third kappa shape index (κ3) is 4.01. The fourth-order valence-electron chi connectivity index (χ4n) is 3.00. The summed E-state index contributed by atoms with van der Waals surface area (Å²) in [4.78, 5) is 0.162. The van der Waals surface area contributed by atoms with E-state index in [-0.39, 0.29) is 24.3 Å². The van der Waals surface area contributed by atoms with Crippen molar-refractivity contribution in [3.63, 3.8) is 0 Å². The van der Waals surface area contributed by atoms with Gasteiger partial charge in [-0.1, -0.05) is 36.4 Å². The molecule has 1 heterocycles. The van der Waals surface area contributed by atoms with Crippen LogP contribution in [0.2, 0.25) is 0 Å². The van der Waals surface area contributed by atoms with Crippen molar-refractivity contribution in [2.75, 3.05) is 13.2 Å². The van der Waals surface area contributed by atoms with Crippen LogP contribution >= 0.6 is 7.60 Å². The van der Waals surface area contributed by atoms with Crippen molar-refractivity contribution >= 4 is 28.5 Å². The summed E-state index contributed by atoms with van der Waals surface area (Å²) in [5.74, 6) is 0. The van der Waals surface area contributed by atoms with Crippen molar-refractivity contribution in [3.05, 3.63) is 66.4 Å². The minimum atomic E-state index is -3.87. The summed E-state index contributed by atoms with van der Waals surface area (Å²) in [7, 11) is -7.34. The normalized spacial score (nSPS) is 12.5. The van der Waals surface area contributed by atoms with Crippen molar-refractivity contribution in [1.82, 2.24) is 3.97 Å². The van der Waals surface area contributed by atoms with Gasteiger partial charge in [0.05, 0.1) is 29.8 Å². The van der Waals surface area contributed by atoms with E-state index in [1.165, 1.54) is 3.97 Å². The molecule has 0 bridgehead atoms. The molecule has 0 radical (unpaired) electrons. The minimum absolute atomic E-state index is 0.130. The summed E-state index contributed by atoms with van der Waals surface area (Å²) >= 11 is 0. The third-order valence-corrected chi connectivity index (χ3v) is 7.82. The quantitative estimate of drug-likeness (QED) is 0.509. The smallest absolute Gasteiger partial charge is 0.309 e. The van der Waals surface area contributed by atoms with E-state index in [2.05, 4.69) is 0 Å². The molecule has 1 aromatic heterocycles. The van der Waals surface area contributed by atoms with Crippen LogP contribution in [0.4, 0.5) is 0 Å². The second-order valence-corrected chi connectivity index (χ2v) is 9.72. The van der Waals surface area contributed by atoms with Gasteiger partial charge in [-0.2, -0.15) is 0 Å². The minimum Gasteiger partial charge on any atom is -0.309 e. The molecule has 0 amide bonds. The number of fused-ring (bicyclic) bond motifs is 1. The lowest BCUT2D eigenvalue weighted by Crippen LogP contribution is -2.16. The molecule has 0 aliphatic carbocycles. The summed E-state index contributed by atoms with van der Waals surface area (Å²) in [5.41, 5.74) is 0.890. The van der Waals surface area contributed by atoms with Gasteiger partial charge in [-0.05, 0) is 38.1 Å². The fourth-order valence-corrected chi connectivity index (χ4v) is 6.33. The maximum Gasteiger partial charge on any atom is 0.336 e. The molecular formula is C19H22NO5PS. The number of rotatable bonds is 8. The Hall–Kier alpha value is -1.92. The molecule has 8 heteroatoms. The van der Waals surface area contributed by atoms with Crippen molar-refractivity contribution < 1.29 is 22.0 Å². The van der Waals surface area contributed by atoms with E-state index in [4.69, 9.17) is 9.05 Å². The van der Waals surface area contributed by atoms with Gasteiger partial charge in [-0.15, -0.1) is 0 Å². The summed E-state index contributed by atoms with van der Waals surface area (Å²) < 4.78 is 51.6. The first-order valence-corrected chi connectivity index (χ1v) is 11.9. The second kappa shape index (κ2) is 7.98. The van der Waals surface area contributed by atoms with Crippen LogP contribution in [0.3, 0.4) is 0 Å². The molecule has 2 aromatic carbocycles. The topological polar surface area (TPSA) is 74.6 Å². The summed E-state index contributed by atoms with van der Waals surface area (Å²) in [6.07, 6.45) is -0.130. The predicted molar refractivity (Wildman–Crippen MR) is 106 cm³/mol. The lowest BCUT2D eigenvalue weighted by molar-refractivity contribution is 0.219. The average Bonchev–Trinajstić information content (AvgIpc) is 3.00. The molecule has 27 heavy (non-hydrogen) atoms. The highest BCUT2D eigenvalue weighted by atomic mass is 32.2. The van der Waals surface area contributed by atoms with E-state index in [0.29, 0.717) is 11.2 Å². The van der Waals surface area contributed by atoms with E-state index >= 15 is 0 Å². The standard InChI is InChI=1S/C19H22NO5PS/c1-3-24-26(21,25-4-2)15-17-14-16-10-8-9-13-19(16)20(17)27(22,23)18-11-6-5-7-12-18/h5-14H,3-4,15H2,1-2H3. The SMILES string of the molecule is CCOP(=O)(Cc1cc2ccccc2n1S(=O)(=O)c1ccccc1)OCC. The number of nitrogens with zero attached hydrogens (tertiary/aromatic N) is 1. The molecule has 0 N–H and O–H groups in total. The molecule has 6 nitrogen and oxygen atoms in total. The molecule has 0 saturated carbocycles. The zero-order valence-electron chi connectivity index (χ0n) is 15.2. The van der Waals surface area contributed by atoms with Crippen molar-refractivity contribution in [3.8, 4) is 0 Å². The number of aromatic nitrogens is 1. The van der Waals surface area contributed by atoms with E-state index in [1.54, 1.807) is 62.4 Å². The maximum absolute atomic E-state index is 13.3. The lowest BCUT2D eigenvalue weighted by atomic mass is 10.2. The van der Waals surface area contributed by atoms with Crippen LogP contribution in [-0.4, -0.2) is 25.6 Å². The van der Waals surface area contributed by atoms with Crippen LogP contribution in [-0.2, 0) is 29.8 Å².